The van der Waals surface area contributed by atoms with Gasteiger partial charge in [-0.2, -0.15) is 11.8 Å². The standard InChI is InChI=1S/C15H25NOS/c1-5-10-16-14(11-18-12(2)3)13-8-6-7-9-15(13)17-4/h6-9,12,14,16H,5,10-11H2,1-4H3. The molecule has 0 amide bonds. The van der Waals surface area contributed by atoms with E-state index < -0.39 is 0 Å². The highest BCUT2D eigenvalue weighted by Gasteiger charge is 2.15. The first-order valence-corrected chi connectivity index (χ1v) is 7.71. The Labute approximate surface area is 116 Å². The summed E-state index contributed by atoms with van der Waals surface area (Å²) in [5.74, 6) is 2.06. The summed E-state index contributed by atoms with van der Waals surface area (Å²) >= 11 is 1.99. The van der Waals surface area contributed by atoms with Gasteiger partial charge in [0.15, 0.2) is 0 Å². The van der Waals surface area contributed by atoms with Crippen LogP contribution >= 0.6 is 11.8 Å². The van der Waals surface area contributed by atoms with Crippen LogP contribution in [-0.2, 0) is 0 Å². The number of para-hydroxylation sites is 1. The Morgan fingerprint density at radius 1 is 1.28 bits per heavy atom. The first kappa shape index (κ1) is 15.4. The zero-order valence-electron chi connectivity index (χ0n) is 11.9. The van der Waals surface area contributed by atoms with Gasteiger partial charge in [-0.25, -0.2) is 0 Å². The normalized spacial score (nSPS) is 12.7. The van der Waals surface area contributed by atoms with Gasteiger partial charge in [-0.1, -0.05) is 39.0 Å². The molecule has 18 heavy (non-hydrogen) atoms. The Kier molecular flexibility index (Phi) is 7.21. The van der Waals surface area contributed by atoms with E-state index >= 15 is 0 Å². The van der Waals surface area contributed by atoms with Crippen LogP contribution in [0, 0.1) is 0 Å². The van der Waals surface area contributed by atoms with Crippen LogP contribution in [0.2, 0.25) is 0 Å². The van der Waals surface area contributed by atoms with Crippen LogP contribution in [0.4, 0.5) is 0 Å². The molecule has 1 aromatic carbocycles. The van der Waals surface area contributed by atoms with Crippen molar-refractivity contribution in [3.8, 4) is 5.75 Å². The maximum Gasteiger partial charge on any atom is 0.123 e. The van der Waals surface area contributed by atoms with E-state index in [1.54, 1.807) is 7.11 Å². The molecule has 0 radical (unpaired) electrons. The van der Waals surface area contributed by atoms with Crippen LogP contribution in [-0.4, -0.2) is 24.7 Å². The highest BCUT2D eigenvalue weighted by atomic mass is 32.2. The molecule has 0 heterocycles. The Balaban J connectivity index is 2.79. The van der Waals surface area contributed by atoms with E-state index in [0.29, 0.717) is 11.3 Å². The second kappa shape index (κ2) is 8.44. The Hall–Kier alpha value is -0.670. The van der Waals surface area contributed by atoms with Gasteiger partial charge in [-0.15, -0.1) is 0 Å². The van der Waals surface area contributed by atoms with Gasteiger partial charge in [-0.05, 0) is 24.3 Å². The molecule has 1 atom stereocenters. The van der Waals surface area contributed by atoms with Crippen molar-refractivity contribution in [1.29, 1.82) is 0 Å². The molecule has 102 valence electrons. The minimum atomic E-state index is 0.369. The maximum absolute atomic E-state index is 5.46. The summed E-state index contributed by atoms with van der Waals surface area (Å²) in [5, 5.41) is 4.27. The monoisotopic (exact) mass is 267 g/mol. The molecule has 1 N–H and O–H groups in total. The second-order valence-corrected chi connectivity index (χ2v) is 6.24. The van der Waals surface area contributed by atoms with E-state index in [1.807, 2.05) is 23.9 Å². The molecule has 0 fully saturated rings. The largest absolute Gasteiger partial charge is 0.496 e. The molecule has 0 aliphatic rings. The van der Waals surface area contributed by atoms with E-state index in [-0.39, 0.29) is 0 Å². The van der Waals surface area contributed by atoms with Crippen molar-refractivity contribution in [2.45, 2.75) is 38.5 Å². The molecular weight excluding hydrogens is 242 g/mol. The molecule has 0 spiro atoms. The Morgan fingerprint density at radius 2 is 2.00 bits per heavy atom. The van der Waals surface area contributed by atoms with Gasteiger partial charge in [0.05, 0.1) is 7.11 Å². The van der Waals surface area contributed by atoms with Crippen molar-refractivity contribution in [3.63, 3.8) is 0 Å². The molecule has 0 aliphatic heterocycles. The topological polar surface area (TPSA) is 21.3 Å². The highest BCUT2D eigenvalue weighted by Crippen LogP contribution is 2.28. The van der Waals surface area contributed by atoms with Crippen molar-refractivity contribution in [2.75, 3.05) is 19.4 Å². The Morgan fingerprint density at radius 3 is 2.61 bits per heavy atom. The summed E-state index contributed by atoms with van der Waals surface area (Å²) < 4.78 is 5.46. The van der Waals surface area contributed by atoms with Crippen LogP contribution in [0.1, 0.15) is 38.8 Å². The molecule has 0 bridgehead atoms. The lowest BCUT2D eigenvalue weighted by atomic mass is 10.1. The van der Waals surface area contributed by atoms with E-state index in [9.17, 15) is 0 Å². The van der Waals surface area contributed by atoms with Crippen molar-refractivity contribution in [1.82, 2.24) is 5.32 Å². The summed E-state index contributed by atoms with van der Waals surface area (Å²) in [4.78, 5) is 0. The van der Waals surface area contributed by atoms with Gasteiger partial charge in [0.1, 0.15) is 5.75 Å². The quantitative estimate of drug-likeness (QED) is 0.772. The summed E-state index contributed by atoms with van der Waals surface area (Å²) in [6.45, 7) is 7.72. The number of rotatable bonds is 8. The van der Waals surface area contributed by atoms with Crippen LogP contribution in [0.15, 0.2) is 24.3 Å². The van der Waals surface area contributed by atoms with Crippen molar-refractivity contribution < 1.29 is 4.74 Å². The fraction of sp³-hybridized carbons (Fsp3) is 0.600. The number of hydrogen-bond donors (Lipinski definition) is 1. The van der Waals surface area contributed by atoms with Crippen LogP contribution in [0.3, 0.4) is 0 Å². The van der Waals surface area contributed by atoms with Gasteiger partial charge in [-0.3, -0.25) is 0 Å². The fourth-order valence-corrected chi connectivity index (χ4v) is 2.69. The van der Waals surface area contributed by atoms with E-state index in [2.05, 4.69) is 38.2 Å². The number of methoxy groups -OCH3 is 1. The van der Waals surface area contributed by atoms with Crippen molar-refractivity contribution in [2.24, 2.45) is 0 Å². The molecule has 1 rings (SSSR count). The maximum atomic E-state index is 5.46. The summed E-state index contributed by atoms with van der Waals surface area (Å²) in [6.07, 6.45) is 1.15. The van der Waals surface area contributed by atoms with E-state index in [0.717, 1.165) is 24.5 Å². The molecule has 0 aromatic heterocycles. The lowest BCUT2D eigenvalue weighted by Crippen LogP contribution is -2.25. The predicted molar refractivity (Wildman–Crippen MR) is 81.6 cm³/mol. The molecular formula is C15H25NOS. The predicted octanol–water partition coefficient (Wildman–Crippen LogP) is 3.88. The Bertz CT molecular complexity index is 341. The average Bonchev–Trinajstić information content (AvgIpc) is 2.38. The molecule has 1 unspecified atom stereocenters. The first-order valence-electron chi connectivity index (χ1n) is 6.67. The lowest BCUT2D eigenvalue weighted by Gasteiger charge is -2.21. The minimum absolute atomic E-state index is 0.369. The number of thioether (sulfide) groups is 1. The average molecular weight is 267 g/mol. The van der Waals surface area contributed by atoms with Crippen LogP contribution in [0.25, 0.3) is 0 Å². The summed E-state index contributed by atoms with van der Waals surface area (Å²) in [7, 11) is 1.74. The summed E-state index contributed by atoms with van der Waals surface area (Å²) in [6, 6.07) is 8.67. The third kappa shape index (κ3) is 4.91. The number of hydrogen-bond acceptors (Lipinski definition) is 3. The molecule has 0 aliphatic carbocycles. The molecule has 2 nitrogen and oxygen atoms in total. The second-order valence-electron chi connectivity index (χ2n) is 4.63. The van der Waals surface area contributed by atoms with Crippen molar-refractivity contribution >= 4 is 11.8 Å². The van der Waals surface area contributed by atoms with E-state index in [4.69, 9.17) is 4.74 Å². The fourth-order valence-electron chi connectivity index (χ4n) is 1.82. The molecule has 0 saturated carbocycles. The zero-order chi connectivity index (χ0) is 13.4. The van der Waals surface area contributed by atoms with Crippen molar-refractivity contribution in [3.05, 3.63) is 29.8 Å². The van der Waals surface area contributed by atoms with Gasteiger partial charge in [0.25, 0.3) is 0 Å². The van der Waals surface area contributed by atoms with Gasteiger partial charge < -0.3 is 10.1 Å². The number of ether oxygens (including phenoxy) is 1. The van der Waals surface area contributed by atoms with Crippen LogP contribution in [0.5, 0.6) is 5.75 Å². The third-order valence-corrected chi connectivity index (χ3v) is 3.94. The first-order chi connectivity index (χ1) is 8.69. The molecule has 3 heteroatoms. The smallest absolute Gasteiger partial charge is 0.123 e. The van der Waals surface area contributed by atoms with Gasteiger partial charge in [0.2, 0.25) is 0 Å². The third-order valence-electron chi connectivity index (χ3n) is 2.75. The van der Waals surface area contributed by atoms with E-state index in [1.165, 1.54) is 5.56 Å². The highest BCUT2D eigenvalue weighted by molar-refractivity contribution is 7.99. The minimum Gasteiger partial charge on any atom is -0.496 e. The van der Waals surface area contributed by atoms with Gasteiger partial charge in [0, 0.05) is 17.4 Å². The lowest BCUT2D eigenvalue weighted by molar-refractivity contribution is 0.402. The summed E-state index contributed by atoms with van der Waals surface area (Å²) in [5.41, 5.74) is 1.27. The molecule has 0 saturated heterocycles. The van der Waals surface area contributed by atoms with Crippen LogP contribution < -0.4 is 10.1 Å². The number of nitrogens with one attached hydrogen (secondary N) is 1. The SMILES string of the molecule is CCCNC(CSC(C)C)c1ccccc1OC. The zero-order valence-corrected chi connectivity index (χ0v) is 12.7. The number of benzene rings is 1. The molecule has 1 aromatic rings. The van der Waals surface area contributed by atoms with Gasteiger partial charge >= 0.3 is 0 Å².